The normalized spacial score (nSPS) is 10.8. The highest BCUT2D eigenvalue weighted by Crippen LogP contribution is 2.21. The van der Waals surface area contributed by atoms with Crippen LogP contribution in [-0.2, 0) is 13.1 Å². The Morgan fingerprint density at radius 1 is 0.644 bits per heavy atom. The minimum Gasteiger partial charge on any atom is -0.492 e. The van der Waals surface area contributed by atoms with Gasteiger partial charge < -0.3 is 28.8 Å². The van der Waals surface area contributed by atoms with E-state index in [0.717, 1.165) is 33.3 Å². The number of aromatic carboxylic acids is 1. The van der Waals surface area contributed by atoms with Gasteiger partial charge in [0.2, 0.25) is 0 Å². The summed E-state index contributed by atoms with van der Waals surface area (Å²) in [7, 11) is 0. The number of carboxylic acid groups (broad SMARTS) is 1. The lowest BCUT2D eigenvalue weighted by Crippen LogP contribution is -2.08. The van der Waals surface area contributed by atoms with Crippen LogP contribution in [0.2, 0.25) is 10.0 Å². The number of carbonyl (C=O) groups excluding carboxylic acids is 1. The van der Waals surface area contributed by atoms with Gasteiger partial charge in [0.25, 0.3) is 0 Å². The van der Waals surface area contributed by atoms with Crippen molar-refractivity contribution in [3.8, 4) is 11.5 Å². The van der Waals surface area contributed by atoms with Gasteiger partial charge in [-0.15, -0.1) is 0 Å². The zero-order chi connectivity index (χ0) is 31.8. The maximum Gasteiger partial charge on any atom is 0.335 e. The number of hydrogen-bond acceptors (Lipinski definition) is 5. The summed E-state index contributed by atoms with van der Waals surface area (Å²) in [5.74, 6) is 0.236. The summed E-state index contributed by atoms with van der Waals surface area (Å²) >= 11 is 11.8. The lowest BCUT2D eigenvalue weighted by molar-refractivity contribution is 0.0696. The average Bonchev–Trinajstić information content (AvgIpc) is 3.64. The van der Waals surface area contributed by atoms with E-state index >= 15 is 0 Å². The van der Waals surface area contributed by atoms with Crippen LogP contribution in [0, 0.1) is 0 Å². The first-order valence-electron chi connectivity index (χ1n) is 14.1. The van der Waals surface area contributed by atoms with Crippen LogP contribution < -0.4 is 9.47 Å². The molecule has 4 aromatic carbocycles. The molecule has 0 aliphatic carbocycles. The number of benzene rings is 4. The Balaban J connectivity index is 0.000000178. The number of Topliss-reactive ketones (excluding diaryl/α,β-unsaturated/α-hetero) is 1. The van der Waals surface area contributed by atoms with Gasteiger partial charge in [-0.2, -0.15) is 0 Å². The van der Waals surface area contributed by atoms with E-state index in [4.69, 9.17) is 42.9 Å². The van der Waals surface area contributed by atoms with E-state index in [1.807, 2.05) is 70.1 Å². The van der Waals surface area contributed by atoms with E-state index in [0.29, 0.717) is 41.9 Å². The fraction of sp³-hybridized carbons (Fsp3) is 0.143. The first-order chi connectivity index (χ1) is 21.8. The number of halogens is 2. The van der Waals surface area contributed by atoms with Crippen LogP contribution in [0.4, 0.5) is 0 Å². The highest BCUT2D eigenvalue weighted by atomic mass is 35.5. The molecule has 0 aliphatic rings. The van der Waals surface area contributed by atoms with Gasteiger partial charge >= 0.3 is 5.97 Å². The van der Waals surface area contributed by atoms with Crippen molar-refractivity contribution in [1.82, 2.24) is 9.13 Å². The quantitative estimate of drug-likeness (QED) is 0.141. The van der Waals surface area contributed by atoms with Gasteiger partial charge in [-0.1, -0.05) is 53.5 Å². The molecule has 0 radical (unpaired) electrons. The molecule has 2 aromatic heterocycles. The van der Waals surface area contributed by atoms with E-state index in [1.54, 1.807) is 48.5 Å². The second-order valence-electron chi connectivity index (χ2n) is 10.1. The van der Waals surface area contributed by atoms with Crippen molar-refractivity contribution in [2.45, 2.75) is 13.1 Å². The molecule has 0 bridgehead atoms. The molecular weight excluding hydrogens is 615 g/mol. The van der Waals surface area contributed by atoms with Crippen molar-refractivity contribution in [2.24, 2.45) is 0 Å². The molecule has 0 saturated heterocycles. The molecule has 0 atom stereocenters. The van der Waals surface area contributed by atoms with Crippen LogP contribution in [0.25, 0.3) is 21.8 Å². The molecule has 230 valence electrons. The van der Waals surface area contributed by atoms with Gasteiger partial charge in [0.05, 0.1) is 18.7 Å². The smallest absolute Gasteiger partial charge is 0.335 e. The van der Waals surface area contributed by atoms with Crippen molar-refractivity contribution in [3.05, 3.63) is 131 Å². The fourth-order valence-electron chi connectivity index (χ4n) is 4.79. The van der Waals surface area contributed by atoms with Gasteiger partial charge in [-0.3, -0.25) is 4.79 Å². The van der Waals surface area contributed by atoms with E-state index in [-0.39, 0.29) is 11.3 Å². The number of aliphatic hydroxyl groups is 1. The Bertz CT molecular complexity index is 1950. The van der Waals surface area contributed by atoms with Crippen molar-refractivity contribution in [2.75, 3.05) is 19.8 Å². The third kappa shape index (κ3) is 8.25. The first-order valence-corrected chi connectivity index (χ1v) is 14.9. The van der Waals surface area contributed by atoms with Crippen LogP contribution in [0.1, 0.15) is 20.7 Å². The Labute approximate surface area is 269 Å². The zero-order valence-electron chi connectivity index (χ0n) is 24.1. The predicted octanol–water partition coefficient (Wildman–Crippen LogP) is 7.62. The number of aliphatic hydroxyl groups excluding tert-OH is 1. The second kappa shape index (κ2) is 14.8. The Morgan fingerprint density at radius 3 is 1.60 bits per heavy atom. The molecule has 0 spiro atoms. The topological polar surface area (TPSA) is 103 Å². The molecule has 0 saturated carbocycles. The number of rotatable bonds is 11. The number of carbonyl (C=O) groups is 2. The van der Waals surface area contributed by atoms with Crippen LogP contribution in [0.15, 0.2) is 109 Å². The molecule has 0 fully saturated rings. The molecule has 0 amide bonds. The predicted molar refractivity (Wildman–Crippen MR) is 176 cm³/mol. The van der Waals surface area contributed by atoms with Crippen LogP contribution in [-0.4, -0.2) is 50.9 Å². The number of aromatic nitrogens is 2. The van der Waals surface area contributed by atoms with E-state index in [1.165, 1.54) is 0 Å². The molecule has 2 heterocycles. The number of hydrogen-bond donors (Lipinski definition) is 2. The van der Waals surface area contributed by atoms with Crippen molar-refractivity contribution in [3.63, 3.8) is 0 Å². The average molecular weight is 646 g/mol. The van der Waals surface area contributed by atoms with E-state index in [9.17, 15) is 9.59 Å². The first kappa shape index (κ1) is 31.7. The highest BCUT2D eigenvalue weighted by molar-refractivity contribution is 6.31. The minimum atomic E-state index is -0.926. The van der Waals surface area contributed by atoms with Gasteiger partial charge in [0.1, 0.15) is 31.3 Å². The molecule has 8 nitrogen and oxygen atoms in total. The lowest BCUT2D eigenvalue weighted by atomic mass is 10.1. The van der Waals surface area contributed by atoms with E-state index < -0.39 is 12.6 Å². The molecule has 0 aliphatic heterocycles. The Kier molecular flexibility index (Phi) is 10.4. The molecule has 0 unspecified atom stereocenters. The summed E-state index contributed by atoms with van der Waals surface area (Å²) in [5.41, 5.74) is 2.62. The maximum absolute atomic E-state index is 11.6. The Morgan fingerprint density at radius 2 is 1.13 bits per heavy atom. The molecular formula is C35H30Cl2N2O6. The molecule has 6 aromatic rings. The number of fused-ring (bicyclic) bond motifs is 2. The summed E-state index contributed by atoms with van der Waals surface area (Å²) in [5, 5.41) is 21.4. The second-order valence-corrected chi connectivity index (χ2v) is 10.9. The number of carboxylic acids is 1. The van der Waals surface area contributed by atoms with Gasteiger partial charge in [-0.25, -0.2) is 4.79 Å². The summed E-state index contributed by atoms with van der Waals surface area (Å²) in [4.78, 5) is 22.7. The fourth-order valence-corrected chi connectivity index (χ4v) is 5.15. The van der Waals surface area contributed by atoms with Crippen LogP contribution >= 0.6 is 23.2 Å². The maximum atomic E-state index is 11.6. The van der Waals surface area contributed by atoms with Crippen molar-refractivity contribution >= 4 is 56.8 Å². The van der Waals surface area contributed by atoms with Gasteiger partial charge in [-0.05, 0) is 77.5 Å². The lowest BCUT2D eigenvalue weighted by Gasteiger charge is -2.09. The highest BCUT2D eigenvalue weighted by Gasteiger charge is 2.09. The standard InChI is InChI=1S/C18H16ClNO3.C17H14ClNO3/c19-15-2-1-3-16(11-15)23-9-8-20-7-6-13-4-5-14(10-17(13)20)18(22)12-21;18-14-2-1-3-15(11-14)22-9-8-19-7-6-12-4-5-13(17(20)21)10-16(12)19/h1-7,10-11,21H,8-9,12H2;1-7,10-11H,8-9H2,(H,20,21). The number of ketones is 1. The van der Waals surface area contributed by atoms with Crippen molar-refractivity contribution in [1.29, 1.82) is 0 Å². The third-order valence-corrected chi connectivity index (χ3v) is 7.52. The minimum absolute atomic E-state index is 0.281. The molecule has 2 N–H and O–H groups in total. The van der Waals surface area contributed by atoms with Crippen LogP contribution in [0.3, 0.4) is 0 Å². The Hall–Kier alpha value is -4.76. The number of nitrogens with zero attached hydrogens (tertiary/aromatic N) is 2. The van der Waals surface area contributed by atoms with Gasteiger partial charge in [0, 0.05) is 39.0 Å². The SMILES string of the molecule is O=C(CO)c1ccc2ccn(CCOc3cccc(Cl)c3)c2c1.O=C(O)c1ccc2ccn(CCOc3cccc(Cl)c3)c2c1. The zero-order valence-corrected chi connectivity index (χ0v) is 25.6. The molecule has 6 rings (SSSR count). The molecule has 45 heavy (non-hydrogen) atoms. The summed E-state index contributed by atoms with van der Waals surface area (Å²) < 4.78 is 15.4. The number of ether oxygens (including phenoxy) is 2. The summed E-state index contributed by atoms with van der Waals surface area (Å²) in [6.07, 6.45) is 3.89. The largest absolute Gasteiger partial charge is 0.492 e. The third-order valence-electron chi connectivity index (χ3n) is 7.05. The van der Waals surface area contributed by atoms with E-state index in [2.05, 4.69) is 0 Å². The van der Waals surface area contributed by atoms with Gasteiger partial charge in [0.15, 0.2) is 5.78 Å². The monoisotopic (exact) mass is 644 g/mol. The summed E-state index contributed by atoms with van der Waals surface area (Å²) in [6.45, 7) is 1.75. The summed E-state index contributed by atoms with van der Waals surface area (Å²) in [6, 6.07) is 29.0. The van der Waals surface area contributed by atoms with Crippen LogP contribution in [0.5, 0.6) is 11.5 Å². The molecule has 10 heteroatoms. The van der Waals surface area contributed by atoms with Crippen molar-refractivity contribution < 1.29 is 29.3 Å².